The van der Waals surface area contributed by atoms with Gasteiger partial charge in [0, 0.05) is 0 Å². The highest BCUT2D eigenvalue weighted by Gasteiger charge is 2.24. The zero-order chi connectivity index (χ0) is 22.0. The summed E-state index contributed by atoms with van der Waals surface area (Å²) in [6.07, 6.45) is 0.722. The highest BCUT2D eigenvalue weighted by molar-refractivity contribution is 6.33. The minimum Gasteiger partial charge on any atom is -0.486 e. The van der Waals surface area contributed by atoms with Gasteiger partial charge in [-0.15, -0.1) is 0 Å². The molecule has 2 aromatic carbocycles. The van der Waals surface area contributed by atoms with Crippen molar-refractivity contribution in [2.24, 2.45) is 0 Å². The fourth-order valence-corrected chi connectivity index (χ4v) is 4.03. The molecular weight excluding hydrogens is 414 g/mol. The SMILES string of the molecule is CCC(NC(=O)c1c(C)nn(Cc2ccc(C)cc2)c1Cl)c1ccc2c(c1)OCCO2. The van der Waals surface area contributed by atoms with Gasteiger partial charge in [-0.3, -0.25) is 4.79 Å². The molecule has 4 rings (SSSR count). The number of carbonyl (C=O) groups is 1. The van der Waals surface area contributed by atoms with E-state index in [-0.39, 0.29) is 11.9 Å². The molecule has 162 valence electrons. The van der Waals surface area contributed by atoms with E-state index in [1.165, 1.54) is 5.56 Å². The third kappa shape index (κ3) is 4.54. The molecule has 0 aliphatic carbocycles. The molecule has 3 aromatic rings. The van der Waals surface area contributed by atoms with E-state index in [0.29, 0.717) is 41.9 Å². The zero-order valence-electron chi connectivity index (χ0n) is 17.9. The number of hydrogen-bond donors (Lipinski definition) is 1. The van der Waals surface area contributed by atoms with Gasteiger partial charge in [0.1, 0.15) is 18.4 Å². The summed E-state index contributed by atoms with van der Waals surface area (Å²) in [5, 5.41) is 7.94. The molecule has 1 aromatic heterocycles. The van der Waals surface area contributed by atoms with Gasteiger partial charge in [-0.05, 0) is 43.5 Å². The van der Waals surface area contributed by atoms with Crippen LogP contribution in [0.2, 0.25) is 5.15 Å². The number of ether oxygens (including phenoxy) is 2. The molecule has 2 heterocycles. The van der Waals surface area contributed by atoms with Crippen LogP contribution in [0.15, 0.2) is 42.5 Å². The van der Waals surface area contributed by atoms with Gasteiger partial charge in [-0.2, -0.15) is 5.10 Å². The van der Waals surface area contributed by atoms with Crippen LogP contribution in [-0.4, -0.2) is 28.9 Å². The number of fused-ring (bicyclic) bond motifs is 1. The summed E-state index contributed by atoms with van der Waals surface area (Å²) in [5.74, 6) is 1.20. The number of benzene rings is 2. The van der Waals surface area contributed by atoms with E-state index in [1.807, 2.05) is 56.3 Å². The second-order valence-electron chi connectivity index (χ2n) is 7.73. The van der Waals surface area contributed by atoms with Crippen molar-refractivity contribution < 1.29 is 14.3 Å². The van der Waals surface area contributed by atoms with Gasteiger partial charge in [0.2, 0.25) is 0 Å². The third-order valence-electron chi connectivity index (χ3n) is 5.43. The Morgan fingerprint density at radius 3 is 2.55 bits per heavy atom. The largest absolute Gasteiger partial charge is 0.486 e. The molecule has 1 aliphatic heterocycles. The zero-order valence-corrected chi connectivity index (χ0v) is 18.7. The number of rotatable bonds is 6. The van der Waals surface area contributed by atoms with Crippen LogP contribution in [0.3, 0.4) is 0 Å². The van der Waals surface area contributed by atoms with Crippen LogP contribution in [0.1, 0.15) is 52.1 Å². The lowest BCUT2D eigenvalue weighted by molar-refractivity contribution is 0.0935. The number of aryl methyl sites for hydroxylation is 2. The van der Waals surface area contributed by atoms with Crippen LogP contribution in [0.5, 0.6) is 11.5 Å². The smallest absolute Gasteiger partial charge is 0.256 e. The van der Waals surface area contributed by atoms with Crippen LogP contribution >= 0.6 is 11.6 Å². The lowest BCUT2D eigenvalue weighted by Crippen LogP contribution is -2.29. The maximum absolute atomic E-state index is 13.1. The molecule has 0 bridgehead atoms. The van der Waals surface area contributed by atoms with Crippen molar-refractivity contribution in [1.29, 1.82) is 0 Å². The predicted molar refractivity (Wildman–Crippen MR) is 120 cm³/mol. The minimum atomic E-state index is -0.237. The number of carbonyl (C=O) groups excluding carboxylic acids is 1. The molecule has 6 nitrogen and oxygen atoms in total. The van der Waals surface area contributed by atoms with Crippen molar-refractivity contribution in [2.45, 2.75) is 39.8 Å². The second-order valence-corrected chi connectivity index (χ2v) is 8.09. The van der Waals surface area contributed by atoms with Crippen molar-refractivity contribution in [3.63, 3.8) is 0 Å². The van der Waals surface area contributed by atoms with Gasteiger partial charge in [0.25, 0.3) is 5.91 Å². The Kier molecular flexibility index (Phi) is 6.18. The monoisotopic (exact) mass is 439 g/mol. The van der Waals surface area contributed by atoms with Crippen LogP contribution in [0, 0.1) is 13.8 Å². The maximum atomic E-state index is 13.1. The molecule has 0 radical (unpaired) electrons. The molecular formula is C24H26ClN3O3. The molecule has 7 heteroatoms. The molecule has 1 atom stereocenters. The first kappa shape index (κ1) is 21.2. The van der Waals surface area contributed by atoms with Gasteiger partial charge in [-0.25, -0.2) is 4.68 Å². The summed E-state index contributed by atoms with van der Waals surface area (Å²) >= 11 is 6.58. The average Bonchev–Trinajstić information content (AvgIpc) is 3.06. The van der Waals surface area contributed by atoms with E-state index < -0.39 is 0 Å². The van der Waals surface area contributed by atoms with Crippen molar-refractivity contribution in [3.05, 3.63) is 75.6 Å². The number of amides is 1. The standard InChI is InChI=1S/C24H26ClN3O3/c1-4-19(18-9-10-20-21(13-18)31-12-11-30-20)26-24(29)22-16(3)27-28(23(22)25)14-17-7-5-15(2)6-8-17/h5-10,13,19H,4,11-12,14H2,1-3H3,(H,26,29). The Morgan fingerprint density at radius 2 is 1.84 bits per heavy atom. The van der Waals surface area contributed by atoms with E-state index in [4.69, 9.17) is 21.1 Å². The number of nitrogens with one attached hydrogen (secondary N) is 1. The molecule has 0 fully saturated rings. The summed E-state index contributed by atoms with van der Waals surface area (Å²) < 4.78 is 12.9. The molecule has 31 heavy (non-hydrogen) atoms. The van der Waals surface area contributed by atoms with E-state index in [0.717, 1.165) is 23.3 Å². The van der Waals surface area contributed by atoms with Crippen molar-refractivity contribution in [2.75, 3.05) is 13.2 Å². The fourth-order valence-electron chi connectivity index (χ4n) is 3.71. The highest BCUT2D eigenvalue weighted by Crippen LogP contribution is 2.33. The van der Waals surface area contributed by atoms with Crippen LogP contribution in [0.4, 0.5) is 0 Å². The second kappa shape index (κ2) is 9.02. The molecule has 1 N–H and O–H groups in total. The quantitative estimate of drug-likeness (QED) is 0.596. The first-order chi connectivity index (χ1) is 15.0. The topological polar surface area (TPSA) is 65.4 Å². The minimum absolute atomic E-state index is 0.181. The molecule has 0 saturated carbocycles. The average molecular weight is 440 g/mol. The van der Waals surface area contributed by atoms with Gasteiger partial charge < -0.3 is 14.8 Å². The molecule has 1 aliphatic rings. The number of aromatic nitrogens is 2. The van der Waals surface area contributed by atoms with E-state index in [1.54, 1.807) is 11.6 Å². The lowest BCUT2D eigenvalue weighted by atomic mass is 10.0. The Labute approximate surface area is 187 Å². The maximum Gasteiger partial charge on any atom is 0.256 e. The third-order valence-corrected chi connectivity index (χ3v) is 5.81. The van der Waals surface area contributed by atoms with Gasteiger partial charge >= 0.3 is 0 Å². The number of halogens is 1. The Bertz CT molecular complexity index is 1090. The summed E-state index contributed by atoms with van der Waals surface area (Å²) in [4.78, 5) is 13.1. The number of hydrogen-bond acceptors (Lipinski definition) is 4. The lowest BCUT2D eigenvalue weighted by Gasteiger charge is -2.22. The molecule has 1 unspecified atom stereocenters. The Morgan fingerprint density at radius 1 is 1.13 bits per heavy atom. The van der Waals surface area contributed by atoms with E-state index in [2.05, 4.69) is 10.4 Å². The van der Waals surface area contributed by atoms with Gasteiger partial charge in [0.05, 0.1) is 23.8 Å². The van der Waals surface area contributed by atoms with E-state index >= 15 is 0 Å². The molecule has 0 spiro atoms. The molecule has 0 saturated heterocycles. The summed E-state index contributed by atoms with van der Waals surface area (Å²) in [6, 6.07) is 13.8. The molecule has 1 amide bonds. The first-order valence-electron chi connectivity index (χ1n) is 10.4. The summed E-state index contributed by atoms with van der Waals surface area (Å²) in [5.41, 5.74) is 4.23. The highest BCUT2D eigenvalue weighted by atomic mass is 35.5. The van der Waals surface area contributed by atoms with Crippen LogP contribution in [-0.2, 0) is 6.54 Å². The Hall–Kier alpha value is -2.99. The normalized spacial score (nSPS) is 13.7. The van der Waals surface area contributed by atoms with Crippen LogP contribution in [0.25, 0.3) is 0 Å². The van der Waals surface area contributed by atoms with Gasteiger partial charge in [-0.1, -0.05) is 54.4 Å². The van der Waals surface area contributed by atoms with Gasteiger partial charge in [0.15, 0.2) is 11.5 Å². The van der Waals surface area contributed by atoms with E-state index in [9.17, 15) is 4.79 Å². The first-order valence-corrected chi connectivity index (χ1v) is 10.8. The summed E-state index contributed by atoms with van der Waals surface area (Å²) in [7, 11) is 0. The van der Waals surface area contributed by atoms with Crippen LogP contribution < -0.4 is 14.8 Å². The summed E-state index contributed by atoms with van der Waals surface area (Å²) in [6.45, 7) is 7.45. The van der Waals surface area contributed by atoms with Crippen molar-refractivity contribution >= 4 is 17.5 Å². The van der Waals surface area contributed by atoms with Crippen molar-refractivity contribution in [3.8, 4) is 11.5 Å². The predicted octanol–water partition coefficient (Wildman–Crippen LogP) is 4.85. The fraction of sp³-hybridized carbons (Fsp3) is 0.333. The number of nitrogens with zero attached hydrogens (tertiary/aromatic N) is 2. The van der Waals surface area contributed by atoms with Crippen molar-refractivity contribution in [1.82, 2.24) is 15.1 Å². The Balaban J connectivity index is 1.53.